The number of hydrogen-bond donors (Lipinski definition) is 2. The lowest BCUT2D eigenvalue weighted by Gasteiger charge is -2.14. The topological polar surface area (TPSA) is 75.4 Å². The summed E-state index contributed by atoms with van der Waals surface area (Å²) in [5.41, 5.74) is 5.97. The van der Waals surface area contributed by atoms with Gasteiger partial charge in [0.05, 0.1) is 11.4 Å². The normalized spacial score (nSPS) is 15.7. The molecule has 1 saturated heterocycles. The second-order valence-corrected chi connectivity index (χ2v) is 6.75. The summed E-state index contributed by atoms with van der Waals surface area (Å²) < 4.78 is 27.1. The number of sulfonamides is 1. The van der Waals surface area contributed by atoms with Crippen LogP contribution in [0.4, 0.5) is 0 Å². The minimum absolute atomic E-state index is 0.243. The Kier molecular flexibility index (Phi) is 5.76. The SMILES string of the molecule is NCC#Cc1cccc(S(=O)(=O)NCCN2CCCC2)c1. The maximum Gasteiger partial charge on any atom is 0.240 e. The Labute approximate surface area is 126 Å². The third kappa shape index (κ3) is 4.83. The van der Waals surface area contributed by atoms with Crippen molar-refractivity contribution < 1.29 is 8.42 Å². The molecule has 1 aliphatic heterocycles. The Morgan fingerprint density at radius 1 is 1.29 bits per heavy atom. The zero-order valence-electron chi connectivity index (χ0n) is 12.0. The molecule has 0 aromatic heterocycles. The van der Waals surface area contributed by atoms with Gasteiger partial charge in [0.25, 0.3) is 0 Å². The average molecular weight is 307 g/mol. The Balaban J connectivity index is 1.97. The number of hydrogen-bond acceptors (Lipinski definition) is 4. The molecule has 0 saturated carbocycles. The highest BCUT2D eigenvalue weighted by atomic mass is 32.2. The van der Waals surface area contributed by atoms with E-state index in [1.54, 1.807) is 24.3 Å². The van der Waals surface area contributed by atoms with E-state index in [0.717, 1.165) is 19.6 Å². The summed E-state index contributed by atoms with van der Waals surface area (Å²) in [5.74, 6) is 5.56. The molecule has 1 aromatic carbocycles. The molecule has 0 radical (unpaired) electrons. The first kappa shape index (κ1) is 16.0. The highest BCUT2D eigenvalue weighted by Crippen LogP contribution is 2.11. The van der Waals surface area contributed by atoms with Crippen LogP contribution in [0.5, 0.6) is 0 Å². The van der Waals surface area contributed by atoms with Gasteiger partial charge in [-0.25, -0.2) is 13.1 Å². The molecule has 2 rings (SSSR count). The van der Waals surface area contributed by atoms with Gasteiger partial charge < -0.3 is 10.6 Å². The molecular weight excluding hydrogens is 286 g/mol. The van der Waals surface area contributed by atoms with E-state index in [0.29, 0.717) is 12.1 Å². The van der Waals surface area contributed by atoms with Crippen LogP contribution in [-0.2, 0) is 10.0 Å². The van der Waals surface area contributed by atoms with E-state index in [1.165, 1.54) is 12.8 Å². The Morgan fingerprint density at radius 3 is 2.76 bits per heavy atom. The smallest absolute Gasteiger partial charge is 0.240 e. The van der Waals surface area contributed by atoms with Crippen molar-refractivity contribution in [1.82, 2.24) is 9.62 Å². The number of nitrogens with two attached hydrogens (primary N) is 1. The number of benzene rings is 1. The standard InChI is InChI=1S/C15H21N3O2S/c16-8-4-6-14-5-3-7-15(13-14)21(19,20)17-9-12-18-10-1-2-11-18/h3,5,7,13,17H,1-2,8-12,16H2. The average Bonchev–Trinajstić information content (AvgIpc) is 2.98. The van der Waals surface area contributed by atoms with Gasteiger partial charge in [-0.3, -0.25) is 0 Å². The molecule has 0 amide bonds. The summed E-state index contributed by atoms with van der Waals surface area (Å²) in [4.78, 5) is 2.51. The van der Waals surface area contributed by atoms with Crippen LogP contribution < -0.4 is 10.5 Å². The summed E-state index contributed by atoms with van der Waals surface area (Å²) in [6, 6.07) is 6.61. The van der Waals surface area contributed by atoms with Crippen LogP contribution in [0.2, 0.25) is 0 Å². The van der Waals surface area contributed by atoms with Crippen molar-refractivity contribution in [2.75, 3.05) is 32.7 Å². The van der Waals surface area contributed by atoms with Crippen LogP contribution in [0.15, 0.2) is 29.2 Å². The van der Waals surface area contributed by atoms with Gasteiger partial charge in [-0.05, 0) is 44.1 Å². The van der Waals surface area contributed by atoms with Crippen molar-refractivity contribution in [3.8, 4) is 11.8 Å². The first-order chi connectivity index (χ1) is 10.1. The summed E-state index contributed by atoms with van der Waals surface area (Å²) >= 11 is 0. The monoisotopic (exact) mass is 307 g/mol. The van der Waals surface area contributed by atoms with E-state index in [9.17, 15) is 8.42 Å². The molecule has 0 atom stereocenters. The summed E-state index contributed by atoms with van der Waals surface area (Å²) in [6.45, 7) is 3.57. The van der Waals surface area contributed by atoms with Crippen LogP contribution in [0, 0.1) is 11.8 Å². The van der Waals surface area contributed by atoms with Crippen molar-refractivity contribution in [2.45, 2.75) is 17.7 Å². The fraction of sp³-hybridized carbons (Fsp3) is 0.467. The molecule has 0 bridgehead atoms. The first-order valence-corrected chi connectivity index (χ1v) is 8.61. The fourth-order valence-corrected chi connectivity index (χ4v) is 3.39. The minimum atomic E-state index is -3.48. The lowest BCUT2D eigenvalue weighted by atomic mass is 10.2. The Morgan fingerprint density at radius 2 is 2.05 bits per heavy atom. The van der Waals surface area contributed by atoms with Gasteiger partial charge in [0.1, 0.15) is 0 Å². The zero-order chi connectivity index (χ0) is 15.1. The fourth-order valence-electron chi connectivity index (χ4n) is 2.32. The molecule has 1 fully saturated rings. The van der Waals surface area contributed by atoms with Crippen LogP contribution in [0.25, 0.3) is 0 Å². The highest BCUT2D eigenvalue weighted by Gasteiger charge is 2.15. The third-order valence-corrected chi connectivity index (χ3v) is 4.86. The van der Waals surface area contributed by atoms with Crippen molar-refractivity contribution in [3.05, 3.63) is 29.8 Å². The van der Waals surface area contributed by atoms with Crippen molar-refractivity contribution in [2.24, 2.45) is 5.73 Å². The molecule has 5 nitrogen and oxygen atoms in total. The minimum Gasteiger partial charge on any atom is -0.320 e. The van der Waals surface area contributed by atoms with Crippen LogP contribution in [0.1, 0.15) is 18.4 Å². The van der Waals surface area contributed by atoms with Gasteiger partial charge in [0.2, 0.25) is 10.0 Å². The zero-order valence-corrected chi connectivity index (χ0v) is 12.8. The number of likely N-dealkylation sites (tertiary alicyclic amines) is 1. The van der Waals surface area contributed by atoms with E-state index < -0.39 is 10.0 Å². The summed E-state index contributed by atoms with van der Waals surface area (Å²) in [5, 5.41) is 0. The second kappa shape index (κ2) is 7.57. The second-order valence-electron chi connectivity index (χ2n) is 4.98. The maximum absolute atomic E-state index is 12.2. The van der Waals surface area contributed by atoms with Crippen LogP contribution in [-0.4, -0.2) is 46.0 Å². The number of rotatable bonds is 5. The van der Waals surface area contributed by atoms with E-state index in [-0.39, 0.29) is 11.4 Å². The van der Waals surface area contributed by atoms with Crippen molar-refractivity contribution >= 4 is 10.0 Å². The van der Waals surface area contributed by atoms with E-state index >= 15 is 0 Å². The lowest BCUT2D eigenvalue weighted by Crippen LogP contribution is -2.33. The molecule has 6 heteroatoms. The predicted molar refractivity (Wildman–Crippen MR) is 83.2 cm³/mol. The Bertz CT molecular complexity index is 626. The van der Waals surface area contributed by atoms with Crippen molar-refractivity contribution in [1.29, 1.82) is 0 Å². The third-order valence-electron chi connectivity index (χ3n) is 3.40. The Hall–Kier alpha value is -1.39. The first-order valence-electron chi connectivity index (χ1n) is 7.13. The highest BCUT2D eigenvalue weighted by molar-refractivity contribution is 7.89. The van der Waals surface area contributed by atoms with E-state index in [4.69, 9.17) is 5.73 Å². The van der Waals surface area contributed by atoms with E-state index in [2.05, 4.69) is 21.5 Å². The largest absolute Gasteiger partial charge is 0.320 e. The molecule has 114 valence electrons. The molecular formula is C15H21N3O2S. The molecule has 0 unspecified atom stereocenters. The van der Waals surface area contributed by atoms with Gasteiger partial charge >= 0.3 is 0 Å². The van der Waals surface area contributed by atoms with Gasteiger partial charge in [-0.1, -0.05) is 17.9 Å². The molecule has 0 aliphatic carbocycles. The predicted octanol–water partition coefficient (Wildman–Crippen LogP) is 0.371. The van der Waals surface area contributed by atoms with E-state index in [1.807, 2.05) is 0 Å². The number of nitrogens with one attached hydrogen (secondary N) is 1. The lowest BCUT2D eigenvalue weighted by molar-refractivity contribution is 0.344. The van der Waals surface area contributed by atoms with Gasteiger partial charge in [-0.15, -0.1) is 0 Å². The molecule has 1 heterocycles. The summed E-state index contributed by atoms with van der Waals surface area (Å²) in [6.07, 6.45) is 2.41. The molecule has 1 aromatic rings. The van der Waals surface area contributed by atoms with Gasteiger partial charge in [0.15, 0.2) is 0 Å². The molecule has 3 N–H and O–H groups in total. The van der Waals surface area contributed by atoms with Crippen molar-refractivity contribution in [3.63, 3.8) is 0 Å². The molecule has 0 spiro atoms. The number of nitrogens with zero attached hydrogens (tertiary/aromatic N) is 1. The van der Waals surface area contributed by atoms with Gasteiger partial charge in [-0.2, -0.15) is 0 Å². The maximum atomic E-state index is 12.2. The quantitative estimate of drug-likeness (QED) is 0.771. The molecule has 1 aliphatic rings. The van der Waals surface area contributed by atoms with Crippen LogP contribution >= 0.6 is 0 Å². The van der Waals surface area contributed by atoms with Crippen LogP contribution in [0.3, 0.4) is 0 Å². The molecule has 21 heavy (non-hydrogen) atoms. The summed E-state index contributed by atoms with van der Waals surface area (Å²) in [7, 11) is -3.48. The van der Waals surface area contributed by atoms with Gasteiger partial charge in [0, 0.05) is 18.7 Å².